The molecule has 0 radical (unpaired) electrons. The normalized spacial score (nSPS) is 14.1. The lowest BCUT2D eigenvalue weighted by Crippen LogP contribution is -2.21. The fourth-order valence-electron chi connectivity index (χ4n) is 5.02. The van der Waals surface area contributed by atoms with Crippen molar-refractivity contribution in [3.63, 3.8) is 0 Å². The smallest absolute Gasteiger partial charge is 0.179 e. The summed E-state index contributed by atoms with van der Waals surface area (Å²) in [5.74, 6) is 0.0898. The van der Waals surface area contributed by atoms with Crippen LogP contribution in [0.2, 0.25) is 5.02 Å². The molecule has 0 atom stereocenters. The molecule has 3 aromatic heterocycles. The van der Waals surface area contributed by atoms with E-state index in [2.05, 4.69) is 26.3 Å². The molecule has 0 bridgehead atoms. The number of ketones is 1. The predicted molar refractivity (Wildman–Crippen MR) is 146 cm³/mol. The molecule has 0 saturated carbocycles. The summed E-state index contributed by atoms with van der Waals surface area (Å²) in [5.41, 5.74) is 5.66. The third-order valence-electron chi connectivity index (χ3n) is 7.00. The minimum Gasteiger partial charge on any atom is -0.303 e. The highest BCUT2D eigenvalue weighted by Crippen LogP contribution is 2.27. The largest absolute Gasteiger partial charge is 0.303 e. The summed E-state index contributed by atoms with van der Waals surface area (Å²) in [5, 5.41) is 10.2. The predicted octanol–water partition coefficient (Wildman–Crippen LogP) is 5.80. The van der Waals surface area contributed by atoms with Gasteiger partial charge in [0.1, 0.15) is 5.52 Å². The van der Waals surface area contributed by atoms with E-state index in [9.17, 15) is 4.79 Å². The van der Waals surface area contributed by atoms with E-state index in [0.717, 1.165) is 59.3 Å². The lowest BCUT2D eigenvalue weighted by atomic mass is 10.0. The number of hydrogen-bond donors (Lipinski definition) is 0. The second-order valence-electron chi connectivity index (χ2n) is 9.59. The first-order valence-electron chi connectivity index (χ1n) is 12.7. The van der Waals surface area contributed by atoms with E-state index in [-0.39, 0.29) is 5.78 Å². The van der Waals surface area contributed by atoms with E-state index < -0.39 is 0 Å². The highest BCUT2D eigenvalue weighted by Gasteiger charge is 2.16. The number of aromatic nitrogens is 5. The molecule has 0 amide bonds. The molecule has 4 heterocycles. The molecule has 1 fully saturated rings. The van der Waals surface area contributed by atoms with Gasteiger partial charge in [0, 0.05) is 29.1 Å². The van der Waals surface area contributed by atoms with Gasteiger partial charge in [-0.05, 0) is 86.9 Å². The van der Waals surface area contributed by atoms with Crippen molar-refractivity contribution in [2.45, 2.75) is 32.2 Å². The van der Waals surface area contributed by atoms with Crippen molar-refractivity contribution in [3.8, 4) is 11.3 Å². The second-order valence-corrected chi connectivity index (χ2v) is 9.99. The summed E-state index contributed by atoms with van der Waals surface area (Å²) in [6, 6.07) is 19.5. The lowest BCUT2D eigenvalue weighted by Gasteiger charge is -2.13. The molecule has 1 saturated heterocycles. The van der Waals surface area contributed by atoms with E-state index in [1.165, 1.54) is 12.8 Å². The van der Waals surface area contributed by atoms with Crippen molar-refractivity contribution >= 4 is 39.5 Å². The molecular weight excluding hydrogens is 484 g/mol. The molecule has 1 aliphatic heterocycles. The van der Waals surface area contributed by atoms with E-state index in [4.69, 9.17) is 16.6 Å². The molecule has 5 aromatic rings. The third kappa shape index (κ3) is 5.10. The molecule has 186 valence electrons. The molecule has 8 heteroatoms. The topological polar surface area (TPSA) is 76.8 Å². The van der Waals surface area contributed by atoms with Gasteiger partial charge in [-0.1, -0.05) is 35.0 Å². The average molecular weight is 511 g/mol. The van der Waals surface area contributed by atoms with Gasteiger partial charge in [0.15, 0.2) is 11.4 Å². The first kappa shape index (κ1) is 23.7. The summed E-state index contributed by atoms with van der Waals surface area (Å²) in [6.45, 7) is 3.82. The zero-order valence-electron chi connectivity index (χ0n) is 20.5. The van der Waals surface area contributed by atoms with Gasteiger partial charge in [0.05, 0.1) is 22.8 Å². The van der Waals surface area contributed by atoms with Gasteiger partial charge in [-0.15, -0.1) is 5.10 Å². The molecule has 0 unspecified atom stereocenters. The van der Waals surface area contributed by atoms with Gasteiger partial charge in [-0.2, -0.15) is 0 Å². The summed E-state index contributed by atoms with van der Waals surface area (Å²) in [4.78, 5) is 24.5. The number of benzene rings is 2. The third-order valence-corrected chi connectivity index (χ3v) is 7.31. The van der Waals surface area contributed by atoms with Crippen LogP contribution in [0, 0.1) is 0 Å². The van der Waals surface area contributed by atoms with Crippen LogP contribution in [0.4, 0.5) is 0 Å². The molecule has 37 heavy (non-hydrogen) atoms. The Morgan fingerprint density at radius 1 is 0.973 bits per heavy atom. The molecule has 7 nitrogen and oxygen atoms in total. The maximum absolute atomic E-state index is 12.8. The van der Waals surface area contributed by atoms with Gasteiger partial charge < -0.3 is 4.90 Å². The minimum absolute atomic E-state index is 0.0898. The number of nitrogens with zero attached hydrogens (tertiary/aromatic N) is 6. The van der Waals surface area contributed by atoms with Crippen LogP contribution in [-0.4, -0.2) is 55.3 Å². The summed E-state index contributed by atoms with van der Waals surface area (Å²) < 4.78 is 1.80. The molecule has 0 N–H and O–H groups in total. The Bertz CT molecular complexity index is 1590. The number of hydrogen-bond acceptors (Lipinski definition) is 6. The number of likely N-dealkylation sites (tertiary alicyclic amines) is 1. The van der Waals surface area contributed by atoms with Gasteiger partial charge in [-0.25, -0.2) is 9.67 Å². The van der Waals surface area contributed by atoms with Gasteiger partial charge in [0.25, 0.3) is 0 Å². The Kier molecular flexibility index (Phi) is 6.64. The molecule has 1 aliphatic rings. The monoisotopic (exact) mass is 510 g/mol. The van der Waals surface area contributed by atoms with Crippen LogP contribution in [0.1, 0.15) is 41.6 Å². The van der Waals surface area contributed by atoms with Crippen LogP contribution >= 0.6 is 11.6 Å². The number of carbonyl (C=O) groups is 1. The maximum atomic E-state index is 12.8. The van der Waals surface area contributed by atoms with Crippen LogP contribution in [0.25, 0.3) is 33.3 Å². The fourth-order valence-corrected chi connectivity index (χ4v) is 5.31. The zero-order valence-corrected chi connectivity index (χ0v) is 21.2. The maximum Gasteiger partial charge on any atom is 0.179 e. The lowest BCUT2D eigenvalue weighted by molar-refractivity contribution is 0.0976. The van der Waals surface area contributed by atoms with E-state index in [0.29, 0.717) is 29.2 Å². The molecule has 6 rings (SSSR count). The first-order chi connectivity index (χ1) is 18.1. The van der Waals surface area contributed by atoms with E-state index in [1.807, 2.05) is 54.6 Å². The van der Waals surface area contributed by atoms with Crippen molar-refractivity contribution < 1.29 is 4.79 Å². The summed E-state index contributed by atoms with van der Waals surface area (Å²) >= 11 is 6.57. The van der Waals surface area contributed by atoms with E-state index in [1.54, 1.807) is 10.9 Å². The number of fused-ring (bicyclic) bond motifs is 2. The Labute approximate surface area is 220 Å². The SMILES string of the molecule is O=C(CCCN1CCCC1)c1ccc(-c2ccc3nnn(Cc4ccc5ncccc5c4)c3n2)cc1Cl. The zero-order chi connectivity index (χ0) is 25.2. The highest BCUT2D eigenvalue weighted by molar-refractivity contribution is 6.34. The molecular formula is C29H27ClN6O. The highest BCUT2D eigenvalue weighted by atomic mass is 35.5. The summed E-state index contributed by atoms with van der Waals surface area (Å²) in [7, 11) is 0. The first-order valence-corrected chi connectivity index (χ1v) is 13.1. The van der Waals surface area contributed by atoms with Gasteiger partial charge in [-0.3, -0.25) is 9.78 Å². The number of rotatable bonds is 8. The summed E-state index contributed by atoms with van der Waals surface area (Å²) in [6.07, 6.45) is 5.69. The van der Waals surface area contributed by atoms with Crippen LogP contribution in [0.3, 0.4) is 0 Å². The Morgan fingerprint density at radius 3 is 2.70 bits per heavy atom. The van der Waals surface area contributed by atoms with Crippen LogP contribution < -0.4 is 0 Å². The average Bonchev–Trinajstić information content (AvgIpc) is 3.58. The van der Waals surface area contributed by atoms with Crippen LogP contribution in [-0.2, 0) is 6.54 Å². The van der Waals surface area contributed by atoms with Crippen molar-refractivity contribution in [3.05, 3.63) is 83.0 Å². The minimum atomic E-state index is 0.0898. The van der Waals surface area contributed by atoms with Crippen LogP contribution in [0.5, 0.6) is 0 Å². The quantitative estimate of drug-likeness (QED) is 0.245. The van der Waals surface area contributed by atoms with Crippen molar-refractivity contribution in [2.24, 2.45) is 0 Å². The van der Waals surface area contributed by atoms with Gasteiger partial charge in [0.2, 0.25) is 0 Å². The molecule has 2 aromatic carbocycles. The van der Waals surface area contributed by atoms with Crippen molar-refractivity contribution in [1.82, 2.24) is 29.9 Å². The van der Waals surface area contributed by atoms with E-state index >= 15 is 0 Å². The number of halogens is 1. The second kappa shape index (κ2) is 10.4. The number of Topliss-reactive ketones (excluding diaryl/α,β-unsaturated/α-hetero) is 1. The Morgan fingerprint density at radius 2 is 1.84 bits per heavy atom. The number of carbonyl (C=O) groups excluding carboxylic acids is 1. The molecule has 0 aliphatic carbocycles. The van der Waals surface area contributed by atoms with Gasteiger partial charge >= 0.3 is 0 Å². The van der Waals surface area contributed by atoms with Crippen molar-refractivity contribution in [1.29, 1.82) is 0 Å². The fraction of sp³-hybridized carbons (Fsp3) is 0.276. The Hall–Kier alpha value is -3.68. The Balaban J connectivity index is 1.20. The van der Waals surface area contributed by atoms with Crippen molar-refractivity contribution in [2.75, 3.05) is 19.6 Å². The van der Waals surface area contributed by atoms with Crippen LogP contribution in [0.15, 0.2) is 66.9 Å². The standard InChI is InChI=1S/C29H27ClN6O/c30-24-18-22(8-9-23(24)28(37)6-4-16-35-14-1-2-15-35)26-11-12-27-29(32-26)36(34-33-27)19-20-7-10-25-21(17-20)5-3-13-31-25/h3,5,7-13,17-18H,1-2,4,6,14-16,19H2. The number of pyridine rings is 2. The molecule has 0 spiro atoms.